The average molecular weight is 443 g/mol. The Hall–Kier alpha value is -1.58. The summed E-state index contributed by atoms with van der Waals surface area (Å²) >= 11 is 3.53. The molecule has 0 saturated carbocycles. The molecule has 2 atom stereocenters. The molecule has 0 aliphatic carbocycles. The van der Waals surface area contributed by atoms with Gasteiger partial charge >= 0.3 is 12.1 Å². The molecule has 1 saturated heterocycles. The summed E-state index contributed by atoms with van der Waals surface area (Å²) in [7, 11) is -1.68. The smallest absolute Gasteiger partial charge is 0.407 e. The molecule has 0 radical (unpaired) electrons. The predicted octanol–water partition coefficient (Wildman–Crippen LogP) is 2.09. The van der Waals surface area contributed by atoms with Gasteiger partial charge in [0.15, 0.2) is 8.96 Å². The average Bonchev–Trinajstić information content (AvgIpc) is 3.08. The number of alkyl carbamates (subject to hydrolysis) is 1. The van der Waals surface area contributed by atoms with E-state index >= 15 is 0 Å². The highest BCUT2D eigenvalue weighted by Crippen LogP contribution is 2.36. The number of anilines is 1. The van der Waals surface area contributed by atoms with Gasteiger partial charge in [-0.1, -0.05) is 0 Å². The van der Waals surface area contributed by atoms with Crippen LogP contribution >= 0.6 is 15.9 Å². The highest BCUT2D eigenvalue weighted by atomic mass is 79.9. The van der Waals surface area contributed by atoms with Crippen molar-refractivity contribution < 1.29 is 24.2 Å². The maximum atomic E-state index is 12.0. The van der Waals surface area contributed by atoms with Crippen LogP contribution in [0.4, 0.5) is 10.5 Å². The van der Waals surface area contributed by atoms with Crippen LogP contribution in [0.25, 0.3) is 0 Å². The largest absolute Gasteiger partial charge is 0.457 e. The minimum atomic E-state index is -1.68. The molecule has 1 fully saturated rings. The molecule has 2 aliphatic heterocycles. The number of fused-ring (bicyclic) bond motifs is 1. The quantitative estimate of drug-likeness (QED) is 0.550. The standard InChI is InChI=1S/C17H23BrN2O5Si/c1-17(2,3)25-16(23)19-11-6-20(26(8-11)9-21)14-4-10-7-24-15(22)12(10)5-13(14)18/h4-5,11,21,26H,6-9H2,1-3H3,(H,19,23)/t11-,26+/m1/s1. The zero-order valence-corrected chi connectivity index (χ0v) is 17.8. The molecule has 2 aliphatic rings. The lowest BCUT2D eigenvalue weighted by molar-refractivity contribution is 0.0508. The van der Waals surface area contributed by atoms with E-state index < -0.39 is 20.7 Å². The van der Waals surface area contributed by atoms with Crippen LogP contribution in [0.5, 0.6) is 0 Å². The van der Waals surface area contributed by atoms with E-state index in [0.717, 1.165) is 21.8 Å². The molecule has 0 spiro atoms. The molecule has 9 heteroatoms. The number of benzene rings is 1. The number of hydrogen-bond donors (Lipinski definition) is 2. The molecule has 2 N–H and O–H groups in total. The molecule has 1 aromatic rings. The van der Waals surface area contributed by atoms with Gasteiger partial charge in [0.25, 0.3) is 0 Å². The number of hydrogen-bond acceptors (Lipinski definition) is 6. The second-order valence-electron chi connectivity index (χ2n) is 7.60. The summed E-state index contributed by atoms with van der Waals surface area (Å²) in [6, 6.07) is 4.38. The van der Waals surface area contributed by atoms with E-state index in [9.17, 15) is 14.7 Å². The zero-order chi connectivity index (χ0) is 19.1. The van der Waals surface area contributed by atoms with Crippen LogP contribution in [0.3, 0.4) is 0 Å². The van der Waals surface area contributed by atoms with Crippen molar-refractivity contribution in [2.45, 2.75) is 45.1 Å². The van der Waals surface area contributed by atoms with E-state index in [1.165, 1.54) is 0 Å². The second-order valence-corrected chi connectivity index (χ2v) is 11.2. The van der Waals surface area contributed by atoms with Crippen LogP contribution in [0.2, 0.25) is 6.04 Å². The van der Waals surface area contributed by atoms with Crippen LogP contribution < -0.4 is 9.88 Å². The summed E-state index contributed by atoms with van der Waals surface area (Å²) in [6.45, 7) is 6.34. The van der Waals surface area contributed by atoms with Crippen molar-refractivity contribution >= 4 is 42.6 Å². The lowest BCUT2D eigenvalue weighted by Gasteiger charge is -2.26. The third-order valence-electron chi connectivity index (χ3n) is 4.41. The first-order valence-corrected chi connectivity index (χ1v) is 11.5. The lowest BCUT2D eigenvalue weighted by atomic mass is 10.1. The number of cyclic esters (lactones) is 1. The first-order valence-electron chi connectivity index (χ1n) is 8.54. The van der Waals surface area contributed by atoms with Crippen molar-refractivity contribution in [1.82, 2.24) is 5.32 Å². The van der Waals surface area contributed by atoms with Gasteiger partial charge in [-0.15, -0.1) is 0 Å². The van der Waals surface area contributed by atoms with Gasteiger partial charge in [-0.05, 0) is 54.9 Å². The molecule has 142 valence electrons. The SMILES string of the molecule is CC(C)(C)OC(=O)N[C@@H]1CN(c2cc3c(cc2Br)C(=O)OC3)[Si@H](CO)C1. The Morgan fingerprint density at radius 2 is 2.23 bits per heavy atom. The summed E-state index contributed by atoms with van der Waals surface area (Å²) in [5, 5.41) is 12.7. The van der Waals surface area contributed by atoms with Crippen LogP contribution in [0, 0.1) is 0 Å². The number of aliphatic hydroxyl groups is 1. The third-order valence-corrected chi connectivity index (χ3v) is 7.95. The number of ether oxygens (including phenoxy) is 2. The van der Waals surface area contributed by atoms with Gasteiger partial charge in [0, 0.05) is 28.3 Å². The maximum absolute atomic E-state index is 12.0. The fourth-order valence-corrected chi connectivity index (χ4v) is 6.76. The van der Waals surface area contributed by atoms with Crippen molar-refractivity contribution in [2.75, 3.05) is 17.3 Å². The molecule has 0 aromatic heterocycles. The summed E-state index contributed by atoms with van der Waals surface area (Å²) in [5.74, 6) is -0.311. The summed E-state index contributed by atoms with van der Waals surface area (Å²) < 4.78 is 13.4. The molecule has 26 heavy (non-hydrogen) atoms. The Morgan fingerprint density at radius 3 is 2.88 bits per heavy atom. The zero-order valence-electron chi connectivity index (χ0n) is 15.0. The molecule has 2 heterocycles. The monoisotopic (exact) mass is 442 g/mol. The molecule has 7 nitrogen and oxygen atoms in total. The molecule has 3 rings (SSSR count). The second kappa shape index (κ2) is 7.20. The number of rotatable bonds is 3. The first kappa shape index (κ1) is 19.2. The Bertz CT molecular complexity index is 737. The summed E-state index contributed by atoms with van der Waals surface area (Å²) in [4.78, 5) is 23.8. The van der Waals surface area contributed by atoms with E-state index in [0.29, 0.717) is 12.1 Å². The van der Waals surface area contributed by atoms with Crippen molar-refractivity contribution in [1.29, 1.82) is 0 Å². The Balaban J connectivity index is 1.76. The van der Waals surface area contributed by atoms with Crippen LogP contribution in [0.15, 0.2) is 16.6 Å². The third kappa shape index (κ3) is 4.05. The van der Waals surface area contributed by atoms with Gasteiger partial charge in [0.2, 0.25) is 0 Å². The topological polar surface area (TPSA) is 88.1 Å². The Labute approximate surface area is 162 Å². The highest BCUT2D eigenvalue weighted by Gasteiger charge is 2.36. The van der Waals surface area contributed by atoms with E-state index in [-0.39, 0.29) is 24.8 Å². The highest BCUT2D eigenvalue weighted by molar-refractivity contribution is 9.10. The number of esters is 1. The van der Waals surface area contributed by atoms with E-state index in [2.05, 4.69) is 25.8 Å². The first-order chi connectivity index (χ1) is 12.2. The molecular weight excluding hydrogens is 420 g/mol. The van der Waals surface area contributed by atoms with Crippen molar-refractivity contribution in [3.63, 3.8) is 0 Å². The van der Waals surface area contributed by atoms with Gasteiger partial charge in [-0.3, -0.25) is 0 Å². The van der Waals surface area contributed by atoms with Gasteiger partial charge in [-0.25, -0.2) is 9.59 Å². The Kier molecular flexibility index (Phi) is 5.32. The van der Waals surface area contributed by atoms with Crippen LogP contribution in [-0.4, -0.2) is 50.5 Å². The fraction of sp³-hybridized carbons (Fsp3) is 0.529. The van der Waals surface area contributed by atoms with E-state index in [4.69, 9.17) is 9.47 Å². The summed E-state index contributed by atoms with van der Waals surface area (Å²) in [6.07, 6.45) is -0.340. The summed E-state index contributed by atoms with van der Waals surface area (Å²) in [5.41, 5.74) is 1.81. The molecule has 0 bridgehead atoms. The number of carbonyl (C=O) groups is 2. The maximum Gasteiger partial charge on any atom is 0.407 e. The number of aliphatic hydroxyl groups excluding tert-OH is 1. The minimum Gasteiger partial charge on any atom is -0.457 e. The predicted molar refractivity (Wildman–Crippen MR) is 103 cm³/mol. The molecular formula is C17H23BrN2O5Si. The van der Waals surface area contributed by atoms with Crippen molar-refractivity contribution in [3.05, 3.63) is 27.7 Å². The minimum absolute atomic E-state index is 0.0771. The van der Waals surface area contributed by atoms with Gasteiger partial charge in [0.05, 0.1) is 11.8 Å². The van der Waals surface area contributed by atoms with Crippen LogP contribution in [0.1, 0.15) is 36.7 Å². The normalized spacial score (nSPS) is 22.2. The van der Waals surface area contributed by atoms with Crippen molar-refractivity contribution in [2.24, 2.45) is 0 Å². The number of nitrogens with zero attached hydrogens (tertiary/aromatic N) is 1. The molecule has 0 unspecified atom stereocenters. The fourth-order valence-electron chi connectivity index (χ4n) is 3.32. The van der Waals surface area contributed by atoms with Gasteiger partial charge in [0.1, 0.15) is 12.2 Å². The number of halogens is 1. The van der Waals surface area contributed by atoms with Crippen molar-refractivity contribution in [3.8, 4) is 0 Å². The molecule has 1 aromatic carbocycles. The van der Waals surface area contributed by atoms with Gasteiger partial charge in [-0.2, -0.15) is 0 Å². The Morgan fingerprint density at radius 1 is 1.50 bits per heavy atom. The van der Waals surface area contributed by atoms with Crippen LogP contribution in [-0.2, 0) is 16.1 Å². The van der Waals surface area contributed by atoms with E-state index in [1.54, 1.807) is 6.07 Å². The van der Waals surface area contributed by atoms with E-state index in [1.807, 2.05) is 26.8 Å². The van der Waals surface area contributed by atoms with Gasteiger partial charge < -0.3 is 24.5 Å². The molecule has 1 amide bonds. The number of nitrogens with one attached hydrogen (secondary N) is 1. The lowest BCUT2D eigenvalue weighted by Crippen LogP contribution is -2.40. The number of amides is 1. The number of carbonyl (C=O) groups excluding carboxylic acids is 2.